The van der Waals surface area contributed by atoms with Crippen molar-refractivity contribution < 1.29 is 14.0 Å². The van der Waals surface area contributed by atoms with Crippen LogP contribution in [-0.4, -0.2) is 29.9 Å². The van der Waals surface area contributed by atoms with Crippen molar-refractivity contribution in [1.82, 2.24) is 10.3 Å². The van der Waals surface area contributed by atoms with Crippen LogP contribution in [0.5, 0.6) is 0 Å². The third-order valence-electron chi connectivity index (χ3n) is 6.70. The lowest BCUT2D eigenvalue weighted by atomic mass is 9.99. The molecule has 2 N–H and O–H groups in total. The van der Waals surface area contributed by atoms with E-state index in [1.54, 1.807) is 18.0 Å². The summed E-state index contributed by atoms with van der Waals surface area (Å²) in [4.78, 5) is 31.8. The molecule has 0 radical (unpaired) electrons. The zero-order valence-electron chi connectivity index (χ0n) is 19.7. The van der Waals surface area contributed by atoms with Crippen molar-refractivity contribution in [3.8, 4) is 0 Å². The van der Waals surface area contributed by atoms with Gasteiger partial charge in [0.15, 0.2) is 0 Å². The maximum absolute atomic E-state index is 14.5. The molecule has 0 fully saturated rings. The van der Waals surface area contributed by atoms with Crippen LogP contribution in [0.3, 0.4) is 0 Å². The van der Waals surface area contributed by atoms with Gasteiger partial charge in [-0.15, -0.1) is 0 Å². The molecule has 4 aromatic rings. The van der Waals surface area contributed by atoms with E-state index >= 15 is 0 Å². The van der Waals surface area contributed by atoms with Crippen LogP contribution in [0.4, 0.5) is 10.1 Å². The van der Waals surface area contributed by atoms with Crippen molar-refractivity contribution in [1.29, 1.82) is 0 Å². The number of likely N-dealkylation sites (N-methyl/N-ethyl adjacent to an activating group) is 1. The summed E-state index contributed by atoms with van der Waals surface area (Å²) in [6.45, 7) is 0. The number of fused-ring (bicyclic) bond motifs is 5. The van der Waals surface area contributed by atoms with Crippen LogP contribution in [0.15, 0.2) is 72.8 Å². The normalized spacial score (nSPS) is 16.4. The van der Waals surface area contributed by atoms with Gasteiger partial charge in [-0.3, -0.25) is 9.59 Å². The van der Waals surface area contributed by atoms with Crippen molar-refractivity contribution in [3.05, 3.63) is 101 Å². The van der Waals surface area contributed by atoms with E-state index in [1.807, 2.05) is 60.7 Å². The average molecular weight is 470 g/mol. The van der Waals surface area contributed by atoms with Crippen LogP contribution in [0, 0.1) is 5.82 Å². The smallest absolute Gasteiger partial charge is 0.249 e. The van der Waals surface area contributed by atoms with Crippen molar-refractivity contribution in [2.24, 2.45) is 0 Å². The van der Waals surface area contributed by atoms with Crippen molar-refractivity contribution in [2.75, 3.05) is 11.9 Å². The zero-order valence-corrected chi connectivity index (χ0v) is 19.7. The molecular weight excluding hydrogens is 441 g/mol. The summed E-state index contributed by atoms with van der Waals surface area (Å²) in [6, 6.07) is 21.4. The molecule has 0 aliphatic carbocycles. The SMILES string of the molecule is CN(C(=O)[C@@H]1Cc2cc(F)cc(c2)CCCc2[nH]c3ccccc3c2CC(=O)N1)c1ccccc1. The number of anilines is 1. The predicted octanol–water partition coefficient (Wildman–Crippen LogP) is 4.73. The maximum atomic E-state index is 14.5. The highest BCUT2D eigenvalue weighted by molar-refractivity contribution is 5.99. The minimum Gasteiger partial charge on any atom is -0.358 e. The van der Waals surface area contributed by atoms with E-state index in [4.69, 9.17) is 0 Å². The summed E-state index contributed by atoms with van der Waals surface area (Å²) in [5.41, 5.74) is 5.28. The number of carbonyl (C=O) groups excluding carboxylic acids is 2. The Bertz CT molecular complexity index is 1380. The summed E-state index contributed by atoms with van der Waals surface area (Å²) < 4.78 is 14.5. The van der Waals surface area contributed by atoms with Gasteiger partial charge in [-0.1, -0.05) is 42.5 Å². The zero-order chi connectivity index (χ0) is 24.4. The number of aromatic amines is 1. The molecule has 5 nitrogen and oxygen atoms in total. The van der Waals surface area contributed by atoms with E-state index in [-0.39, 0.29) is 30.5 Å². The van der Waals surface area contributed by atoms with Crippen molar-refractivity contribution in [3.63, 3.8) is 0 Å². The van der Waals surface area contributed by atoms with Crippen LogP contribution in [0.1, 0.15) is 28.8 Å². The number of hydrogen-bond acceptors (Lipinski definition) is 2. The van der Waals surface area contributed by atoms with Crippen LogP contribution in [0.2, 0.25) is 0 Å². The Balaban J connectivity index is 1.52. The highest BCUT2D eigenvalue weighted by Crippen LogP contribution is 2.25. The number of benzene rings is 3. The van der Waals surface area contributed by atoms with Gasteiger partial charge in [0.1, 0.15) is 11.9 Å². The Morgan fingerprint density at radius 2 is 1.71 bits per heavy atom. The fourth-order valence-corrected chi connectivity index (χ4v) is 4.97. The molecule has 0 unspecified atom stereocenters. The first kappa shape index (κ1) is 22.8. The van der Waals surface area contributed by atoms with E-state index in [2.05, 4.69) is 10.3 Å². The summed E-state index contributed by atoms with van der Waals surface area (Å²) in [5.74, 6) is -0.802. The summed E-state index contributed by atoms with van der Waals surface area (Å²) in [7, 11) is 1.69. The third-order valence-corrected chi connectivity index (χ3v) is 6.70. The molecule has 2 bridgehead atoms. The molecule has 1 atom stereocenters. The standard InChI is InChI=1S/C29H28FN3O2/c1-33(22-9-3-2-4-10-22)29(35)27-17-20-14-19(15-21(30)16-20)8-7-13-26-24(18-28(34)32-27)23-11-5-6-12-25(23)31-26/h2-6,9-12,14-16,27,31H,7-8,13,17-18H2,1H3,(H,32,34)/t27-/m0/s1. The summed E-state index contributed by atoms with van der Waals surface area (Å²) in [6.07, 6.45) is 2.67. The minimum atomic E-state index is -0.822. The molecule has 2 amide bonds. The molecule has 2 heterocycles. The Morgan fingerprint density at radius 1 is 0.971 bits per heavy atom. The highest BCUT2D eigenvalue weighted by atomic mass is 19.1. The molecular formula is C29H28FN3O2. The number of hydrogen-bond donors (Lipinski definition) is 2. The predicted molar refractivity (Wildman–Crippen MR) is 136 cm³/mol. The van der Waals surface area contributed by atoms with Gasteiger partial charge in [0, 0.05) is 35.8 Å². The fraction of sp³-hybridized carbons (Fsp3) is 0.241. The number of H-pyrrole nitrogens is 1. The third kappa shape index (κ3) is 4.97. The number of carbonyl (C=O) groups is 2. The quantitative estimate of drug-likeness (QED) is 0.446. The second-order valence-electron chi connectivity index (χ2n) is 9.18. The van der Waals surface area contributed by atoms with Gasteiger partial charge >= 0.3 is 0 Å². The first-order chi connectivity index (χ1) is 17.0. The second kappa shape index (κ2) is 9.74. The Morgan fingerprint density at radius 3 is 2.54 bits per heavy atom. The van der Waals surface area contributed by atoms with Gasteiger partial charge in [-0.25, -0.2) is 4.39 Å². The largest absolute Gasteiger partial charge is 0.358 e. The van der Waals surface area contributed by atoms with Crippen LogP contribution in [-0.2, 0) is 35.3 Å². The molecule has 0 saturated carbocycles. The first-order valence-corrected chi connectivity index (χ1v) is 12.0. The molecule has 0 saturated heterocycles. The number of halogens is 1. The topological polar surface area (TPSA) is 65.2 Å². The number of rotatable bonds is 2. The number of amides is 2. The van der Waals surface area contributed by atoms with Gasteiger partial charge in [0.05, 0.1) is 6.42 Å². The van der Waals surface area contributed by atoms with Crippen molar-refractivity contribution >= 4 is 28.4 Å². The lowest BCUT2D eigenvalue weighted by Gasteiger charge is -2.25. The van der Waals surface area contributed by atoms with E-state index < -0.39 is 6.04 Å². The van der Waals surface area contributed by atoms with E-state index in [0.29, 0.717) is 12.0 Å². The Hall–Kier alpha value is -3.93. The van der Waals surface area contributed by atoms with Gasteiger partial charge < -0.3 is 15.2 Å². The van der Waals surface area contributed by atoms with E-state index in [9.17, 15) is 14.0 Å². The maximum Gasteiger partial charge on any atom is 0.249 e. The van der Waals surface area contributed by atoms with Gasteiger partial charge in [0.25, 0.3) is 0 Å². The summed E-state index contributed by atoms with van der Waals surface area (Å²) >= 11 is 0. The molecule has 6 heteroatoms. The lowest BCUT2D eigenvalue weighted by Crippen LogP contribution is -2.49. The molecule has 1 aliphatic rings. The first-order valence-electron chi connectivity index (χ1n) is 12.0. The molecule has 178 valence electrons. The van der Waals surface area contributed by atoms with E-state index in [1.165, 1.54) is 6.07 Å². The highest BCUT2D eigenvalue weighted by Gasteiger charge is 2.27. The molecule has 5 rings (SSSR count). The molecule has 1 aromatic heterocycles. The number of aromatic nitrogens is 1. The van der Waals surface area contributed by atoms with E-state index in [0.717, 1.165) is 46.3 Å². The van der Waals surface area contributed by atoms with Gasteiger partial charge in [-0.2, -0.15) is 0 Å². The second-order valence-corrected chi connectivity index (χ2v) is 9.18. The Kier molecular flexibility index (Phi) is 6.36. The van der Waals surface area contributed by atoms with Gasteiger partial charge in [0.2, 0.25) is 11.8 Å². The number of para-hydroxylation sites is 2. The van der Waals surface area contributed by atoms with Crippen molar-refractivity contribution in [2.45, 2.75) is 38.1 Å². The monoisotopic (exact) mass is 469 g/mol. The Labute approximate surface area is 204 Å². The van der Waals surface area contributed by atoms with Crippen LogP contribution >= 0.6 is 0 Å². The molecule has 1 aliphatic heterocycles. The van der Waals surface area contributed by atoms with Crippen LogP contribution < -0.4 is 10.2 Å². The van der Waals surface area contributed by atoms with Gasteiger partial charge in [-0.05, 0) is 66.3 Å². The van der Waals surface area contributed by atoms with Crippen LogP contribution in [0.25, 0.3) is 10.9 Å². The molecule has 0 spiro atoms. The fourth-order valence-electron chi connectivity index (χ4n) is 4.97. The number of nitrogens with zero attached hydrogens (tertiary/aromatic N) is 1. The lowest BCUT2D eigenvalue weighted by molar-refractivity contribution is -0.127. The molecule has 3 aromatic carbocycles. The minimum absolute atomic E-state index is 0.171. The average Bonchev–Trinajstić information content (AvgIpc) is 3.19. The molecule has 35 heavy (non-hydrogen) atoms. The number of aryl methyl sites for hydroxylation is 2. The summed E-state index contributed by atoms with van der Waals surface area (Å²) in [5, 5.41) is 3.98. The number of nitrogens with one attached hydrogen (secondary N) is 2.